The summed E-state index contributed by atoms with van der Waals surface area (Å²) in [6.07, 6.45) is 0.358. The van der Waals surface area contributed by atoms with Crippen LogP contribution in [-0.2, 0) is 4.74 Å². The first-order valence-corrected chi connectivity index (χ1v) is 7.60. The van der Waals surface area contributed by atoms with E-state index in [9.17, 15) is 9.59 Å². The van der Waals surface area contributed by atoms with Crippen LogP contribution >= 0.6 is 11.3 Å². The second-order valence-electron chi connectivity index (χ2n) is 4.82. The molecule has 112 valence electrons. The number of nitrogens with two attached hydrogens (primary N) is 1. The average molecular weight is 298 g/mol. The van der Waals surface area contributed by atoms with Crippen LogP contribution in [0.1, 0.15) is 54.1 Å². The lowest BCUT2D eigenvalue weighted by atomic mass is 10.1. The number of hydrogen-bond acceptors (Lipinski definition) is 6. The van der Waals surface area contributed by atoms with E-state index in [4.69, 9.17) is 10.5 Å². The van der Waals surface area contributed by atoms with Crippen molar-refractivity contribution in [2.75, 3.05) is 24.2 Å². The SMILES string of the molecule is CCOC(=O)c1c(NCC(C)C)sc(C(=O)CC)c1N. The number of carbonyl (C=O) groups is 2. The van der Waals surface area contributed by atoms with Gasteiger partial charge >= 0.3 is 5.97 Å². The first-order valence-electron chi connectivity index (χ1n) is 6.78. The molecule has 20 heavy (non-hydrogen) atoms. The summed E-state index contributed by atoms with van der Waals surface area (Å²) in [6, 6.07) is 0. The van der Waals surface area contributed by atoms with Crippen LogP contribution < -0.4 is 11.1 Å². The first-order chi connectivity index (χ1) is 9.42. The van der Waals surface area contributed by atoms with Crippen LogP contribution in [0.3, 0.4) is 0 Å². The van der Waals surface area contributed by atoms with E-state index >= 15 is 0 Å². The molecule has 0 fully saturated rings. The van der Waals surface area contributed by atoms with E-state index in [1.165, 1.54) is 11.3 Å². The molecular weight excluding hydrogens is 276 g/mol. The molecule has 0 aliphatic rings. The summed E-state index contributed by atoms with van der Waals surface area (Å²) in [5, 5.41) is 3.79. The Morgan fingerprint density at radius 1 is 1.35 bits per heavy atom. The molecule has 0 saturated heterocycles. The molecule has 0 radical (unpaired) electrons. The maximum absolute atomic E-state index is 12.0. The smallest absolute Gasteiger partial charge is 0.343 e. The van der Waals surface area contributed by atoms with Crippen LogP contribution in [0.25, 0.3) is 0 Å². The summed E-state index contributed by atoms with van der Waals surface area (Å²) >= 11 is 1.23. The molecule has 0 unspecified atom stereocenters. The quantitative estimate of drug-likeness (QED) is 0.597. The number of esters is 1. The van der Waals surface area contributed by atoms with Crippen molar-refractivity contribution in [1.29, 1.82) is 0 Å². The second kappa shape index (κ2) is 7.28. The molecule has 1 rings (SSSR count). The summed E-state index contributed by atoms with van der Waals surface area (Å²) < 4.78 is 5.02. The number of rotatable bonds is 7. The molecule has 1 heterocycles. The zero-order chi connectivity index (χ0) is 15.3. The van der Waals surface area contributed by atoms with Crippen molar-refractivity contribution in [3.8, 4) is 0 Å². The molecule has 0 aliphatic heterocycles. The topological polar surface area (TPSA) is 81.4 Å². The summed E-state index contributed by atoms with van der Waals surface area (Å²) in [5.41, 5.74) is 6.48. The minimum absolute atomic E-state index is 0.0596. The third kappa shape index (κ3) is 3.72. The molecule has 0 bridgehead atoms. The van der Waals surface area contributed by atoms with Gasteiger partial charge in [-0.25, -0.2) is 4.79 Å². The molecule has 1 aromatic heterocycles. The van der Waals surface area contributed by atoms with Gasteiger partial charge in [0.05, 0.1) is 17.2 Å². The first kappa shape index (κ1) is 16.5. The number of thiophene rings is 1. The van der Waals surface area contributed by atoms with Crippen LogP contribution in [0.4, 0.5) is 10.7 Å². The zero-order valence-electron chi connectivity index (χ0n) is 12.4. The number of ketones is 1. The predicted molar refractivity (Wildman–Crippen MR) is 82.6 cm³/mol. The number of ether oxygens (including phenoxy) is 1. The number of anilines is 2. The van der Waals surface area contributed by atoms with Gasteiger partial charge in [0.2, 0.25) is 0 Å². The molecule has 0 saturated carbocycles. The summed E-state index contributed by atoms with van der Waals surface area (Å²) in [4.78, 5) is 24.3. The van der Waals surface area contributed by atoms with Crippen LogP contribution in [0.2, 0.25) is 0 Å². The van der Waals surface area contributed by atoms with Gasteiger partial charge < -0.3 is 15.8 Å². The number of Topliss-reactive ketones (excluding diaryl/α,β-unsaturated/α-hetero) is 1. The predicted octanol–water partition coefficient (Wildman–Crippen LogP) is 3.17. The van der Waals surface area contributed by atoms with E-state index in [-0.39, 0.29) is 23.6 Å². The molecule has 0 spiro atoms. The highest BCUT2D eigenvalue weighted by atomic mass is 32.1. The maximum atomic E-state index is 12.0. The minimum atomic E-state index is -0.484. The van der Waals surface area contributed by atoms with Gasteiger partial charge in [0.25, 0.3) is 0 Å². The Morgan fingerprint density at radius 3 is 2.50 bits per heavy atom. The standard InChI is InChI=1S/C14H22N2O3S/c1-5-9(17)12-11(15)10(14(18)19-6-2)13(20-12)16-7-8(3)4/h8,16H,5-7,15H2,1-4H3. The fourth-order valence-corrected chi connectivity index (χ4v) is 2.76. The Labute approximate surface area is 123 Å². The highest BCUT2D eigenvalue weighted by molar-refractivity contribution is 7.19. The van der Waals surface area contributed by atoms with Crippen molar-refractivity contribution in [3.05, 3.63) is 10.4 Å². The van der Waals surface area contributed by atoms with E-state index in [1.807, 2.05) is 0 Å². The highest BCUT2D eigenvalue weighted by Gasteiger charge is 2.25. The molecule has 5 nitrogen and oxygen atoms in total. The minimum Gasteiger partial charge on any atom is -0.462 e. The summed E-state index contributed by atoms with van der Waals surface area (Å²) in [6.45, 7) is 8.60. The van der Waals surface area contributed by atoms with Crippen molar-refractivity contribution < 1.29 is 14.3 Å². The van der Waals surface area contributed by atoms with E-state index in [0.717, 1.165) is 0 Å². The molecule has 0 aliphatic carbocycles. The highest BCUT2D eigenvalue weighted by Crippen LogP contribution is 2.37. The van der Waals surface area contributed by atoms with Crippen LogP contribution in [-0.4, -0.2) is 24.9 Å². The van der Waals surface area contributed by atoms with E-state index < -0.39 is 5.97 Å². The molecule has 0 aromatic carbocycles. The fourth-order valence-electron chi connectivity index (χ4n) is 1.64. The molecule has 0 amide bonds. The van der Waals surface area contributed by atoms with Crippen molar-refractivity contribution in [1.82, 2.24) is 0 Å². The molecular formula is C14H22N2O3S. The van der Waals surface area contributed by atoms with Gasteiger partial charge in [0.1, 0.15) is 10.6 Å². The van der Waals surface area contributed by atoms with Crippen LogP contribution in [0.5, 0.6) is 0 Å². The average Bonchev–Trinajstić information content (AvgIpc) is 2.72. The molecule has 3 N–H and O–H groups in total. The summed E-state index contributed by atoms with van der Waals surface area (Å²) in [5.74, 6) is -0.128. The Kier molecular flexibility index (Phi) is 6.01. The van der Waals surface area contributed by atoms with Gasteiger partial charge in [-0.05, 0) is 12.8 Å². The van der Waals surface area contributed by atoms with Crippen LogP contribution in [0, 0.1) is 5.92 Å². The lowest BCUT2D eigenvalue weighted by molar-refractivity contribution is 0.0529. The van der Waals surface area contributed by atoms with Gasteiger partial charge in [-0.2, -0.15) is 0 Å². The molecule has 1 aromatic rings. The van der Waals surface area contributed by atoms with Gasteiger partial charge in [0.15, 0.2) is 5.78 Å². The Hall–Kier alpha value is -1.56. The Balaban J connectivity index is 3.18. The zero-order valence-corrected chi connectivity index (χ0v) is 13.2. The number of nitrogens with one attached hydrogen (secondary N) is 1. The number of hydrogen-bond donors (Lipinski definition) is 2. The van der Waals surface area contributed by atoms with Crippen molar-refractivity contribution in [2.45, 2.75) is 34.1 Å². The molecule has 0 atom stereocenters. The van der Waals surface area contributed by atoms with Crippen LogP contribution in [0.15, 0.2) is 0 Å². The van der Waals surface area contributed by atoms with E-state index in [2.05, 4.69) is 19.2 Å². The normalized spacial score (nSPS) is 10.7. The van der Waals surface area contributed by atoms with Gasteiger partial charge in [0, 0.05) is 13.0 Å². The lowest BCUT2D eigenvalue weighted by Crippen LogP contribution is -2.13. The van der Waals surface area contributed by atoms with Crippen molar-refractivity contribution in [2.24, 2.45) is 5.92 Å². The third-order valence-corrected chi connectivity index (χ3v) is 3.87. The maximum Gasteiger partial charge on any atom is 0.343 e. The number of nitrogen functional groups attached to an aromatic ring is 1. The van der Waals surface area contributed by atoms with E-state index in [1.54, 1.807) is 13.8 Å². The van der Waals surface area contributed by atoms with Gasteiger partial charge in [-0.15, -0.1) is 11.3 Å². The third-order valence-electron chi connectivity index (χ3n) is 2.67. The Morgan fingerprint density at radius 2 is 2.00 bits per heavy atom. The van der Waals surface area contributed by atoms with Gasteiger partial charge in [-0.3, -0.25) is 4.79 Å². The van der Waals surface area contributed by atoms with Crippen molar-refractivity contribution >= 4 is 33.8 Å². The van der Waals surface area contributed by atoms with Crippen molar-refractivity contribution in [3.63, 3.8) is 0 Å². The largest absolute Gasteiger partial charge is 0.462 e. The lowest BCUT2D eigenvalue weighted by Gasteiger charge is -2.09. The van der Waals surface area contributed by atoms with Gasteiger partial charge in [-0.1, -0.05) is 20.8 Å². The monoisotopic (exact) mass is 298 g/mol. The summed E-state index contributed by atoms with van der Waals surface area (Å²) in [7, 11) is 0. The Bertz CT molecular complexity index is 495. The second-order valence-corrected chi connectivity index (χ2v) is 5.84. The van der Waals surface area contributed by atoms with E-state index in [0.29, 0.717) is 28.8 Å². The molecule has 6 heteroatoms. The number of carbonyl (C=O) groups excluding carboxylic acids is 2. The fraction of sp³-hybridized carbons (Fsp3) is 0.571.